The molecule has 2 aromatic rings. The molecular formula is C21H30N2O3S. The van der Waals surface area contributed by atoms with Crippen LogP contribution in [0, 0.1) is 0 Å². The smallest absolute Gasteiger partial charge is 0.241 e. The van der Waals surface area contributed by atoms with Gasteiger partial charge in [0, 0.05) is 18.6 Å². The number of ether oxygens (including phenoxy) is 1. The monoisotopic (exact) mass is 390 g/mol. The molecule has 0 aliphatic rings. The number of nitrogens with one attached hydrogen (secondary N) is 2. The normalized spacial score (nSPS) is 12.1. The second kappa shape index (κ2) is 9.35. The van der Waals surface area contributed by atoms with E-state index < -0.39 is 15.6 Å². The van der Waals surface area contributed by atoms with Crippen LogP contribution < -0.4 is 14.8 Å². The lowest BCUT2D eigenvalue weighted by Crippen LogP contribution is -2.40. The van der Waals surface area contributed by atoms with Crippen molar-refractivity contribution in [2.45, 2.75) is 57.6 Å². The van der Waals surface area contributed by atoms with E-state index in [-0.39, 0.29) is 0 Å². The summed E-state index contributed by atoms with van der Waals surface area (Å²) in [5.41, 5.74) is 1.31. The molecule has 0 aromatic heterocycles. The molecule has 0 saturated heterocycles. The Kier molecular flexibility index (Phi) is 7.41. The van der Waals surface area contributed by atoms with Crippen LogP contribution in [0.2, 0.25) is 0 Å². The van der Waals surface area contributed by atoms with Crippen LogP contribution in [0.15, 0.2) is 53.4 Å². The number of hydrogen-bond acceptors (Lipinski definition) is 4. The van der Waals surface area contributed by atoms with Crippen molar-refractivity contribution < 1.29 is 13.2 Å². The molecule has 0 fully saturated rings. The average Bonchev–Trinajstić information content (AvgIpc) is 2.59. The molecule has 0 bridgehead atoms. The molecule has 0 amide bonds. The van der Waals surface area contributed by atoms with Crippen LogP contribution in [-0.4, -0.2) is 20.6 Å². The van der Waals surface area contributed by atoms with Gasteiger partial charge in [-0.25, -0.2) is 13.1 Å². The van der Waals surface area contributed by atoms with E-state index in [0.717, 1.165) is 23.3 Å². The molecule has 0 spiro atoms. The molecule has 148 valence electrons. The molecule has 2 rings (SSSR count). The summed E-state index contributed by atoms with van der Waals surface area (Å²) in [5.74, 6) is 0.855. The molecule has 0 unspecified atom stereocenters. The molecule has 0 atom stereocenters. The Labute approximate surface area is 163 Å². The number of sulfonamides is 1. The molecule has 6 heteroatoms. The highest BCUT2D eigenvalue weighted by Crippen LogP contribution is 2.18. The van der Waals surface area contributed by atoms with Gasteiger partial charge in [-0.1, -0.05) is 37.3 Å². The summed E-state index contributed by atoms with van der Waals surface area (Å²) in [6.45, 7) is 9.36. The predicted octanol–water partition coefficient (Wildman–Crippen LogP) is 3.84. The van der Waals surface area contributed by atoms with Crippen LogP contribution in [0.4, 0.5) is 0 Å². The summed E-state index contributed by atoms with van der Waals surface area (Å²) < 4.78 is 33.8. The van der Waals surface area contributed by atoms with E-state index in [1.54, 1.807) is 12.1 Å². The summed E-state index contributed by atoms with van der Waals surface area (Å²) in [7, 11) is -3.57. The molecule has 0 radical (unpaired) electrons. The lowest BCUT2D eigenvalue weighted by Gasteiger charge is -2.21. The van der Waals surface area contributed by atoms with Crippen molar-refractivity contribution in [3.05, 3.63) is 59.7 Å². The van der Waals surface area contributed by atoms with Gasteiger partial charge in [0.25, 0.3) is 0 Å². The molecule has 0 aliphatic heterocycles. The van der Waals surface area contributed by atoms with Crippen LogP contribution in [0.3, 0.4) is 0 Å². The first kappa shape index (κ1) is 21.4. The van der Waals surface area contributed by atoms with Crippen LogP contribution in [-0.2, 0) is 23.1 Å². The van der Waals surface area contributed by atoms with Gasteiger partial charge >= 0.3 is 0 Å². The number of rotatable bonds is 9. The Bertz CT molecular complexity index is 843. The SMILES string of the molecule is CCCOc1cccc(CNCc2ccccc2S(=O)(=O)NC(C)(C)C)c1. The number of benzene rings is 2. The third-order valence-electron chi connectivity index (χ3n) is 3.72. The van der Waals surface area contributed by atoms with Crippen molar-refractivity contribution in [3.8, 4) is 5.75 Å². The largest absolute Gasteiger partial charge is 0.494 e. The van der Waals surface area contributed by atoms with Gasteiger partial charge in [0.05, 0.1) is 11.5 Å². The number of hydrogen-bond donors (Lipinski definition) is 2. The van der Waals surface area contributed by atoms with Crippen molar-refractivity contribution in [3.63, 3.8) is 0 Å². The summed E-state index contributed by atoms with van der Waals surface area (Å²) in [6.07, 6.45) is 0.969. The van der Waals surface area contributed by atoms with Crippen LogP contribution in [0.1, 0.15) is 45.2 Å². The average molecular weight is 391 g/mol. The quantitative estimate of drug-likeness (QED) is 0.683. The molecule has 27 heavy (non-hydrogen) atoms. The minimum Gasteiger partial charge on any atom is -0.494 e. The first-order valence-electron chi connectivity index (χ1n) is 9.25. The molecule has 2 N–H and O–H groups in total. The highest BCUT2D eigenvalue weighted by atomic mass is 32.2. The lowest BCUT2D eigenvalue weighted by molar-refractivity contribution is 0.317. The molecule has 0 heterocycles. The fraction of sp³-hybridized carbons (Fsp3) is 0.429. The van der Waals surface area contributed by atoms with E-state index in [1.165, 1.54) is 0 Å². The Hall–Kier alpha value is -1.89. The van der Waals surface area contributed by atoms with Crippen molar-refractivity contribution in [2.24, 2.45) is 0 Å². The maximum Gasteiger partial charge on any atom is 0.241 e. The van der Waals surface area contributed by atoms with Gasteiger partial charge in [0.1, 0.15) is 5.75 Å². The Morgan fingerprint density at radius 1 is 1.00 bits per heavy atom. The summed E-state index contributed by atoms with van der Waals surface area (Å²) in [5, 5.41) is 3.33. The topological polar surface area (TPSA) is 67.4 Å². The highest BCUT2D eigenvalue weighted by Gasteiger charge is 2.23. The van der Waals surface area contributed by atoms with Gasteiger partial charge in [0.15, 0.2) is 0 Å². The van der Waals surface area contributed by atoms with Gasteiger partial charge in [-0.15, -0.1) is 0 Å². The molecule has 5 nitrogen and oxygen atoms in total. The van der Waals surface area contributed by atoms with E-state index in [4.69, 9.17) is 4.74 Å². The van der Waals surface area contributed by atoms with Crippen molar-refractivity contribution in [1.82, 2.24) is 10.0 Å². The van der Waals surface area contributed by atoms with E-state index >= 15 is 0 Å². The zero-order valence-corrected chi connectivity index (χ0v) is 17.4. The van der Waals surface area contributed by atoms with Gasteiger partial charge in [-0.3, -0.25) is 0 Å². The maximum absolute atomic E-state index is 12.7. The third kappa shape index (κ3) is 6.97. The van der Waals surface area contributed by atoms with Gasteiger partial charge in [0.2, 0.25) is 10.0 Å². The Morgan fingerprint density at radius 3 is 2.44 bits per heavy atom. The van der Waals surface area contributed by atoms with Gasteiger partial charge in [-0.05, 0) is 56.5 Å². The second-order valence-corrected chi connectivity index (χ2v) is 9.21. The van der Waals surface area contributed by atoms with E-state index in [0.29, 0.717) is 24.6 Å². The van der Waals surface area contributed by atoms with Gasteiger partial charge in [-0.2, -0.15) is 0 Å². The van der Waals surface area contributed by atoms with Crippen LogP contribution in [0.25, 0.3) is 0 Å². The Balaban J connectivity index is 2.05. The van der Waals surface area contributed by atoms with E-state index in [2.05, 4.69) is 17.0 Å². The predicted molar refractivity (Wildman–Crippen MR) is 109 cm³/mol. The van der Waals surface area contributed by atoms with Gasteiger partial charge < -0.3 is 10.1 Å². The second-order valence-electron chi connectivity index (χ2n) is 7.56. The third-order valence-corrected chi connectivity index (χ3v) is 5.58. The molecule has 0 saturated carbocycles. The summed E-state index contributed by atoms with van der Waals surface area (Å²) in [6, 6.07) is 15.0. The zero-order valence-electron chi connectivity index (χ0n) is 16.6. The maximum atomic E-state index is 12.7. The van der Waals surface area contributed by atoms with E-state index in [9.17, 15) is 8.42 Å². The zero-order chi connectivity index (χ0) is 19.9. The van der Waals surface area contributed by atoms with E-state index in [1.807, 2.05) is 57.2 Å². The standard InChI is InChI=1S/C21H30N2O3S/c1-5-13-26-19-11-8-9-17(14-19)15-22-16-18-10-6-7-12-20(18)27(24,25)23-21(2,3)4/h6-12,14,22-23H,5,13,15-16H2,1-4H3. The van der Waals surface area contributed by atoms with Crippen molar-refractivity contribution >= 4 is 10.0 Å². The molecule has 0 aliphatic carbocycles. The Morgan fingerprint density at radius 2 is 1.74 bits per heavy atom. The first-order chi connectivity index (χ1) is 12.7. The summed E-state index contributed by atoms with van der Waals surface area (Å²) >= 11 is 0. The van der Waals surface area contributed by atoms with Crippen molar-refractivity contribution in [2.75, 3.05) is 6.61 Å². The molecular weight excluding hydrogens is 360 g/mol. The molecule has 2 aromatic carbocycles. The van der Waals surface area contributed by atoms with Crippen LogP contribution >= 0.6 is 0 Å². The fourth-order valence-corrected chi connectivity index (χ4v) is 4.34. The highest BCUT2D eigenvalue weighted by molar-refractivity contribution is 7.89. The fourth-order valence-electron chi connectivity index (χ4n) is 2.68. The summed E-state index contributed by atoms with van der Waals surface area (Å²) in [4.78, 5) is 0.312. The van der Waals surface area contributed by atoms with Crippen LogP contribution in [0.5, 0.6) is 5.75 Å². The lowest BCUT2D eigenvalue weighted by atomic mass is 10.1. The minimum atomic E-state index is -3.57. The first-order valence-corrected chi connectivity index (χ1v) is 10.7. The minimum absolute atomic E-state index is 0.312. The van der Waals surface area contributed by atoms with Crippen molar-refractivity contribution in [1.29, 1.82) is 0 Å².